The van der Waals surface area contributed by atoms with E-state index in [1.807, 2.05) is 11.8 Å². The lowest BCUT2D eigenvalue weighted by Crippen LogP contribution is -2.32. The van der Waals surface area contributed by atoms with E-state index in [1.54, 1.807) is 6.07 Å². The lowest BCUT2D eigenvalue weighted by atomic mass is 9.92. The SMILES string of the molecule is Cc1c(C(=O)N2CC[C@@H]3CNC[C@@H]3CC2)sc2ccc(F)cc12.Cl. The van der Waals surface area contributed by atoms with Gasteiger partial charge in [0, 0.05) is 17.8 Å². The fourth-order valence-electron chi connectivity index (χ4n) is 3.96. The van der Waals surface area contributed by atoms with Crippen molar-refractivity contribution in [2.45, 2.75) is 19.8 Å². The average Bonchev–Trinajstić information content (AvgIpc) is 3.06. The van der Waals surface area contributed by atoms with Gasteiger partial charge in [0.15, 0.2) is 0 Å². The lowest BCUT2D eigenvalue weighted by Gasteiger charge is -2.20. The fraction of sp³-hybridized carbons (Fsp3) is 0.500. The topological polar surface area (TPSA) is 32.3 Å². The molecule has 2 aliphatic rings. The summed E-state index contributed by atoms with van der Waals surface area (Å²) in [5.41, 5.74) is 0.917. The number of thiophene rings is 1. The Morgan fingerprint density at radius 2 is 1.92 bits per heavy atom. The van der Waals surface area contributed by atoms with E-state index in [0.29, 0.717) is 11.8 Å². The van der Waals surface area contributed by atoms with Crippen molar-refractivity contribution in [3.63, 3.8) is 0 Å². The highest BCUT2D eigenvalue weighted by atomic mass is 35.5. The molecule has 3 nitrogen and oxygen atoms in total. The highest BCUT2D eigenvalue weighted by molar-refractivity contribution is 7.21. The predicted molar refractivity (Wildman–Crippen MR) is 98.8 cm³/mol. The van der Waals surface area contributed by atoms with Crippen LogP contribution in [0.15, 0.2) is 18.2 Å². The largest absolute Gasteiger partial charge is 0.338 e. The van der Waals surface area contributed by atoms with Gasteiger partial charge in [0.1, 0.15) is 5.82 Å². The highest BCUT2D eigenvalue weighted by Crippen LogP contribution is 2.33. The Kier molecular flexibility index (Phi) is 5.13. The van der Waals surface area contributed by atoms with Crippen LogP contribution in [0.25, 0.3) is 10.1 Å². The van der Waals surface area contributed by atoms with E-state index >= 15 is 0 Å². The molecule has 2 aliphatic heterocycles. The third-order valence-corrected chi connectivity index (χ3v) is 6.66. The quantitative estimate of drug-likeness (QED) is 0.829. The number of rotatable bonds is 1. The van der Waals surface area contributed by atoms with Gasteiger partial charge in [-0.15, -0.1) is 23.7 Å². The van der Waals surface area contributed by atoms with Crippen molar-refractivity contribution < 1.29 is 9.18 Å². The minimum absolute atomic E-state index is 0. The smallest absolute Gasteiger partial charge is 0.264 e. The van der Waals surface area contributed by atoms with E-state index in [1.165, 1.54) is 23.5 Å². The Balaban J connectivity index is 0.00000169. The summed E-state index contributed by atoms with van der Waals surface area (Å²) in [4.78, 5) is 15.8. The molecule has 6 heteroatoms. The average molecular weight is 369 g/mol. The van der Waals surface area contributed by atoms with Crippen LogP contribution in [0.4, 0.5) is 4.39 Å². The van der Waals surface area contributed by atoms with E-state index in [0.717, 1.165) is 59.5 Å². The van der Waals surface area contributed by atoms with E-state index in [2.05, 4.69) is 5.32 Å². The molecule has 0 spiro atoms. The molecule has 0 aliphatic carbocycles. The van der Waals surface area contributed by atoms with Crippen LogP contribution in [-0.2, 0) is 0 Å². The van der Waals surface area contributed by atoms with Crippen molar-refractivity contribution in [1.29, 1.82) is 0 Å². The molecule has 130 valence electrons. The molecule has 2 atom stereocenters. The molecule has 0 saturated carbocycles. The van der Waals surface area contributed by atoms with Gasteiger partial charge >= 0.3 is 0 Å². The van der Waals surface area contributed by atoms with Crippen molar-refractivity contribution >= 4 is 39.7 Å². The molecule has 2 aromatic rings. The highest BCUT2D eigenvalue weighted by Gasteiger charge is 2.32. The number of amides is 1. The number of likely N-dealkylation sites (tertiary alicyclic amines) is 1. The molecule has 0 radical (unpaired) electrons. The summed E-state index contributed by atoms with van der Waals surface area (Å²) in [6.07, 6.45) is 2.17. The maximum Gasteiger partial charge on any atom is 0.264 e. The summed E-state index contributed by atoms with van der Waals surface area (Å²) >= 11 is 1.49. The van der Waals surface area contributed by atoms with Gasteiger partial charge in [-0.3, -0.25) is 4.79 Å². The number of benzene rings is 1. The van der Waals surface area contributed by atoms with Crippen molar-refractivity contribution in [2.24, 2.45) is 11.8 Å². The van der Waals surface area contributed by atoms with Gasteiger partial charge in [-0.1, -0.05) is 0 Å². The minimum Gasteiger partial charge on any atom is -0.338 e. The third-order valence-electron chi connectivity index (χ3n) is 5.40. The summed E-state index contributed by atoms with van der Waals surface area (Å²) in [6, 6.07) is 4.78. The Hall–Kier alpha value is -1.17. The number of carbonyl (C=O) groups is 1. The number of hydrogen-bond donors (Lipinski definition) is 1. The van der Waals surface area contributed by atoms with Crippen LogP contribution in [0.2, 0.25) is 0 Å². The van der Waals surface area contributed by atoms with Gasteiger partial charge in [0.2, 0.25) is 0 Å². The number of aryl methyl sites for hydroxylation is 1. The molecule has 24 heavy (non-hydrogen) atoms. The van der Waals surface area contributed by atoms with E-state index in [-0.39, 0.29) is 24.1 Å². The Morgan fingerprint density at radius 1 is 1.25 bits per heavy atom. The second-order valence-corrected chi connectivity index (χ2v) is 7.80. The normalized spacial score (nSPS) is 23.7. The maximum absolute atomic E-state index is 13.5. The molecule has 0 unspecified atom stereocenters. The summed E-state index contributed by atoms with van der Waals surface area (Å²) in [5, 5.41) is 4.33. The molecule has 4 rings (SSSR count). The zero-order valence-electron chi connectivity index (χ0n) is 13.7. The van der Waals surface area contributed by atoms with Gasteiger partial charge in [0.05, 0.1) is 4.88 Å². The summed E-state index contributed by atoms with van der Waals surface area (Å²) < 4.78 is 14.5. The van der Waals surface area contributed by atoms with E-state index in [4.69, 9.17) is 0 Å². The Labute approximate surface area is 151 Å². The predicted octanol–water partition coefficient (Wildman–Crippen LogP) is 3.84. The zero-order valence-corrected chi connectivity index (χ0v) is 15.3. The molecule has 1 N–H and O–H groups in total. The van der Waals surface area contributed by atoms with Crippen molar-refractivity contribution in [3.8, 4) is 0 Å². The Bertz CT molecular complexity index is 749. The molecule has 0 bridgehead atoms. The lowest BCUT2D eigenvalue weighted by molar-refractivity contribution is 0.0763. The van der Waals surface area contributed by atoms with E-state index in [9.17, 15) is 9.18 Å². The van der Waals surface area contributed by atoms with Crippen LogP contribution in [0.1, 0.15) is 28.1 Å². The maximum atomic E-state index is 13.5. The fourth-order valence-corrected chi connectivity index (χ4v) is 5.12. The molecule has 2 fully saturated rings. The van der Waals surface area contributed by atoms with Crippen molar-refractivity contribution in [1.82, 2.24) is 10.2 Å². The van der Waals surface area contributed by atoms with Crippen LogP contribution in [-0.4, -0.2) is 37.0 Å². The molecule has 1 aromatic heterocycles. The first-order valence-electron chi connectivity index (χ1n) is 8.32. The monoisotopic (exact) mass is 368 g/mol. The minimum atomic E-state index is -0.243. The molecule has 1 aromatic carbocycles. The van der Waals surface area contributed by atoms with Crippen LogP contribution in [0, 0.1) is 24.6 Å². The molecule has 3 heterocycles. The first kappa shape index (κ1) is 17.6. The number of nitrogens with one attached hydrogen (secondary N) is 1. The Morgan fingerprint density at radius 3 is 2.58 bits per heavy atom. The third kappa shape index (κ3) is 3.05. The summed E-state index contributed by atoms with van der Waals surface area (Å²) in [5.74, 6) is 1.31. The van der Waals surface area contributed by atoms with Gasteiger partial charge in [-0.2, -0.15) is 0 Å². The van der Waals surface area contributed by atoms with Crippen LogP contribution in [0.5, 0.6) is 0 Å². The van der Waals surface area contributed by atoms with Gasteiger partial charge < -0.3 is 10.2 Å². The van der Waals surface area contributed by atoms with Crippen LogP contribution in [0.3, 0.4) is 0 Å². The second kappa shape index (κ2) is 6.98. The molecule has 1 amide bonds. The van der Waals surface area contributed by atoms with Gasteiger partial charge in [0.25, 0.3) is 5.91 Å². The molecule has 2 saturated heterocycles. The van der Waals surface area contributed by atoms with E-state index < -0.39 is 0 Å². The molecular weight excluding hydrogens is 347 g/mol. The number of hydrogen-bond acceptors (Lipinski definition) is 3. The number of nitrogens with zero attached hydrogens (tertiary/aromatic N) is 1. The van der Waals surface area contributed by atoms with Gasteiger partial charge in [-0.05, 0) is 73.8 Å². The first-order chi connectivity index (χ1) is 11.1. The van der Waals surface area contributed by atoms with Gasteiger partial charge in [-0.25, -0.2) is 4.39 Å². The summed E-state index contributed by atoms with van der Waals surface area (Å²) in [7, 11) is 0. The summed E-state index contributed by atoms with van der Waals surface area (Å²) in [6.45, 7) is 5.79. The number of carbonyl (C=O) groups excluding carboxylic acids is 1. The first-order valence-corrected chi connectivity index (χ1v) is 9.14. The number of fused-ring (bicyclic) bond motifs is 2. The zero-order chi connectivity index (χ0) is 16.0. The van der Waals surface area contributed by atoms with Crippen molar-refractivity contribution in [2.75, 3.05) is 26.2 Å². The number of halogens is 2. The van der Waals surface area contributed by atoms with Crippen molar-refractivity contribution in [3.05, 3.63) is 34.5 Å². The van der Waals surface area contributed by atoms with Crippen LogP contribution < -0.4 is 5.32 Å². The molecular formula is C18H22ClFN2OS. The standard InChI is InChI=1S/C18H21FN2OS.ClH/c1-11-15-8-14(19)2-3-16(15)23-17(11)18(22)21-6-4-12-9-20-10-13(12)5-7-21;/h2-3,8,12-13,20H,4-7,9-10H2,1H3;1H/t12-,13+;. The van der Waals surface area contributed by atoms with Crippen LogP contribution >= 0.6 is 23.7 Å². The second-order valence-electron chi connectivity index (χ2n) is 6.74.